The molecule has 1 aromatic rings. The minimum Gasteiger partial charge on any atom is -0.299 e. The summed E-state index contributed by atoms with van der Waals surface area (Å²) in [6, 6.07) is 5.89. The lowest BCUT2D eigenvalue weighted by molar-refractivity contribution is -0.120. The van der Waals surface area contributed by atoms with Crippen molar-refractivity contribution in [3.63, 3.8) is 0 Å². The Morgan fingerprint density at radius 2 is 1.89 bits per heavy atom. The molecular weight excluding hydrogens is 366 g/mol. The van der Waals surface area contributed by atoms with E-state index in [2.05, 4.69) is 10.5 Å². The van der Waals surface area contributed by atoms with Gasteiger partial charge in [0, 0.05) is 37.2 Å². The van der Waals surface area contributed by atoms with Gasteiger partial charge in [0.25, 0.3) is 5.91 Å². The zero-order valence-corrected chi connectivity index (χ0v) is 17.1. The molecule has 0 aliphatic heterocycles. The lowest BCUT2D eigenvalue weighted by Gasteiger charge is -2.29. The molecule has 148 valence electrons. The molecule has 2 rings (SSSR count). The predicted octanol–water partition coefficient (Wildman–Crippen LogP) is 2.58. The molecule has 0 radical (unpaired) electrons. The van der Waals surface area contributed by atoms with E-state index in [9.17, 15) is 18.0 Å². The van der Waals surface area contributed by atoms with E-state index >= 15 is 0 Å². The molecule has 1 amide bonds. The van der Waals surface area contributed by atoms with Crippen LogP contribution in [0.3, 0.4) is 0 Å². The molecule has 8 heteroatoms. The zero-order chi connectivity index (χ0) is 20.2. The Bertz CT molecular complexity index is 855. The second kappa shape index (κ2) is 8.31. The summed E-state index contributed by atoms with van der Waals surface area (Å²) in [5, 5.41) is 4.10. The average molecular weight is 394 g/mol. The van der Waals surface area contributed by atoms with Crippen molar-refractivity contribution in [2.45, 2.75) is 51.9 Å². The van der Waals surface area contributed by atoms with Gasteiger partial charge in [0.1, 0.15) is 5.78 Å². The van der Waals surface area contributed by atoms with Crippen molar-refractivity contribution in [2.75, 3.05) is 13.1 Å². The van der Waals surface area contributed by atoms with Crippen molar-refractivity contribution in [3.05, 3.63) is 29.8 Å². The first-order valence-electron chi connectivity index (χ1n) is 9.06. The van der Waals surface area contributed by atoms with E-state index in [0.29, 0.717) is 31.6 Å². The summed E-state index contributed by atoms with van der Waals surface area (Å²) >= 11 is 0. The molecule has 7 nitrogen and oxygen atoms in total. The Morgan fingerprint density at radius 1 is 1.22 bits per heavy atom. The van der Waals surface area contributed by atoms with Gasteiger partial charge in [-0.05, 0) is 30.0 Å². The van der Waals surface area contributed by atoms with E-state index in [0.717, 1.165) is 0 Å². The molecule has 1 saturated carbocycles. The van der Waals surface area contributed by atoms with Gasteiger partial charge in [-0.2, -0.15) is 9.41 Å². The SMILES string of the molecule is CCN(CC)S(=O)(=O)c1cccc(C(=O)NN=C2CC(=O)CC(C)(C)C2)c1. The second-order valence-corrected chi connectivity index (χ2v) is 9.41. The van der Waals surface area contributed by atoms with Crippen LogP contribution < -0.4 is 5.43 Å². The number of benzene rings is 1. The number of nitrogens with one attached hydrogen (secondary N) is 1. The van der Waals surface area contributed by atoms with Crippen LogP contribution in [0.5, 0.6) is 0 Å². The molecule has 0 bridgehead atoms. The highest BCUT2D eigenvalue weighted by Gasteiger charge is 2.30. The summed E-state index contributed by atoms with van der Waals surface area (Å²) in [5.41, 5.74) is 3.12. The van der Waals surface area contributed by atoms with Crippen molar-refractivity contribution in [1.29, 1.82) is 0 Å². The number of nitrogens with zero attached hydrogens (tertiary/aromatic N) is 2. The van der Waals surface area contributed by atoms with Gasteiger partial charge in [0.15, 0.2) is 0 Å². The van der Waals surface area contributed by atoms with Crippen LogP contribution in [0.25, 0.3) is 0 Å². The maximum atomic E-state index is 12.6. The molecule has 1 aromatic carbocycles. The third kappa shape index (κ3) is 5.23. The Balaban J connectivity index is 2.18. The van der Waals surface area contributed by atoms with E-state index in [1.165, 1.54) is 28.6 Å². The number of hydrogen-bond donors (Lipinski definition) is 1. The van der Waals surface area contributed by atoms with Gasteiger partial charge in [0.2, 0.25) is 10.0 Å². The number of amides is 1. The van der Waals surface area contributed by atoms with Crippen molar-refractivity contribution >= 4 is 27.4 Å². The Hall–Kier alpha value is -2.06. The average Bonchev–Trinajstić information content (AvgIpc) is 2.59. The van der Waals surface area contributed by atoms with Gasteiger partial charge in [0.05, 0.1) is 4.90 Å². The molecule has 0 aromatic heterocycles. The molecule has 0 saturated heterocycles. The lowest BCUT2D eigenvalue weighted by Crippen LogP contribution is -2.31. The number of carbonyl (C=O) groups excluding carboxylic acids is 2. The van der Waals surface area contributed by atoms with Crippen LogP contribution in [-0.2, 0) is 14.8 Å². The van der Waals surface area contributed by atoms with Crippen LogP contribution in [-0.4, -0.2) is 43.2 Å². The van der Waals surface area contributed by atoms with Crippen LogP contribution >= 0.6 is 0 Å². The van der Waals surface area contributed by atoms with Gasteiger partial charge >= 0.3 is 0 Å². The summed E-state index contributed by atoms with van der Waals surface area (Å²) in [6.07, 6.45) is 1.38. The largest absolute Gasteiger partial charge is 0.299 e. The first kappa shape index (κ1) is 21.2. The number of hydrazone groups is 1. The number of sulfonamides is 1. The van der Waals surface area contributed by atoms with Gasteiger partial charge < -0.3 is 0 Å². The van der Waals surface area contributed by atoms with E-state index in [1.54, 1.807) is 13.8 Å². The molecule has 1 N–H and O–H groups in total. The highest BCUT2D eigenvalue weighted by molar-refractivity contribution is 7.89. The standard InChI is InChI=1S/C19H27N3O4S/c1-5-22(6-2)27(25,26)17-9-7-8-14(10-17)18(24)21-20-15-11-16(23)13-19(3,4)12-15/h7-10H,5-6,11-13H2,1-4H3,(H,21,24). The smallest absolute Gasteiger partial charge is 0.271 e. The molecule has 1 aliphatic carbocycles. The Labute approximate surface area is 160 Å². The Morgan fingerprint density at radius 3 is 2.48 bits per heavy atom. The predicted molar refractivity (Wildman–Crippen MR) is 104 cm³/mol. The highest BCUT2D eigenvalue weighted by Crippen LogP contribution is 2.31. The maximum Gasteiger partial charge on any atom is 0.271 e. The minimum atomic E-state index is -3.64. The molecule has 0 heterocycles. The summed E-state index contributed by atoms with van der Waals surface area (Å²) in [4.78, 5) is 24.3. The van der Waals surface area contributed by atoms with Crippen LogP contribution in [0.1, 0.15) is 57.3 Å². The van der Waals surface area contributed by atoms with Crippen molar-refractivity contribution in [1.82, 2.24) is 9.73 Å². The topological polar surface area (TPSA) is 95.9 Å². The van der Waals surface area contributed by atoms with E-state index in [1.807, 2.05) is 13.8 Å². The molecule has 0 atom stereocenters. The number of carbonyl (C=O) groups is 2. The van der Waals surface area contributed by atoms with E-state index in [4.69, 9.17) is 0 Å². The fourth-order valence-corrected chi connectivity index (χ4v) is 4.79. The number of Topliss-reactive ketones (excluding diaryl/α,β-unsaturated/α-hetero) is 1. The molecule has 1 fully saturated rings. The maximum absolute atomic E-state index is 12.6. The summed E-state index contributed by atoms with van der Waals surface area (Å²) in [6.45, 7) is 8.21. The third-order valence-corrected chi connectivity index (χ3v) is 6.56. The van der Waals surface area contributed by atoms with Crippen molar-refractivity contribution < 1.29 is 18.0 Å². The monoisotopic (exact) mass is 393 g/mol. The van der Waals surface area contributed by atoms with Crippen molar-refractivity contribution in [2.24, 2.45) is 10.5 Å². The van der Waals surface area contributed by atoms with E-state index < -0.39 is 15.9 Å². The minimum absolute atomic E-state index is 0.0699. The number of rotatable bonds is 6. The number of ketones is 1. The van der Waals surface area contributed by atoms with Crippen molar-refractivity contribution in [3.8, 4) is 0 Å². The Kier molecular flexibility index (Phi) is 6.54. The van der Waals surface area contributed by atoms with Gasteiger partial charge in [-0.3, -0.25) is 9.59 Å². The quantitative estimate of drug-likeness (QED) is 0.751. The van der Waals surface area contributed by atoms with Gasteiger partial charge in [-0.1, -0.05) is 33.8 Å². The van der Waals surface area contributed by atoms with Crippen LogP contribution in [0, 0.1) is 5.41 Å². The lowest BCUT2D eigenvalue weighted by atomic mass is 9.76. The molecule has 0 unspecified atom stereocenters. The summed E-state index contributed by atoms with van der Waals surface area (Å²) < 4.78 is 26.6. The highest BCUT2D eigenvalue weighted by atomic mass is 32.2. The van der Waals surface area contributed by atoms with Crippen LogP contribution in [0.2, 0.25) is 0 Å². The first-order valence-corrected chi connectivity index (χ1v) is 10.5. The summed E-state index contributed by atoms with van der Waals surface area (Å²) in [5.74, 6) is -0.401. The normalized spacial score (nSPS) is 18.7. The van der Waals surface area contributed by atoms with Gasteiger partial charge in [-0.15, -0.1) is 0 Å². The van der Waals surface area contributed by atoms with E-state index in [-0.39, 0.29) is 28.1 Å². The fraction of sp³-hybridized carbons (Fsp3) is 0.526. The summed E-state index contributed by atoms with van der Waals surface area (Å²) in [7, 11) is -3.64. The molecular formula is C19H27N3O4S. The van der Waals surface area contributed by atoms with Crippen LogP contribution in [0.4, 0.5) is 0 Å². The zero-order valence-electron chi connectivity index (χ0n) is 16.3. The van der Waals surface area contributed by atoms with Gasteiger partial charge in [-0.25, -0.2) is 13.8 Å². The fourth-order valence-electron chi connectivity index (χ4n) is 3.29. The van der Waals surface area contributed by atoms with Crippen LogP contribution in [0.15, 0.2) is 34.3 Å². The number of hydrogen-bond acceptors (Lipinski definition) is 5. The second-order valence-electron chi connectivity index (χ2n) is 7.47. The molecule has 27 heavy (non-hydrogen) atoms. The third-order valence-electron chi connectivity index (χ3n) is 4.51. The first-order chi connectivity index (χ1) is 12.6. The molecule has 1 aliphatic rings. The molecule has 0 spiro atoms.